The van der Waals surface area contributed by atoms with Crippen LogP contribution >= 0.6 is 34.7 Å². The van der Waals surface area contributed by atoms with Gasteiger partial charge in [-0.2, -0.15) is 0 Å². The van der Waals surface area contributed by atoms with Gasteiger partial charge in [-0.1, -0.05) is 0 Å². The van der Waals surface area contributed by atoms with E-state index in [1.807, 2.05) is 25.3 Å². The van der Waals surface area contributed by atoms with Crippen molar-refractivity contribution in [1.82, 2.24) is 0 Å². The summed E-state index contributed by atoms with van der Waals surface area (Å²) in [6.07, 6.45) is 2.61. The van der Waals surface area contributed by atoms with Crippen LogP contribution < -0.4 is 0 Å². The van der Waals surface area contributed by atoms with E-state index in [1.165, 1.54) is 0 Å². The first-order chi connectivity index (χ1) is 7.20. The molecule has 0 fully saturated rings. The third-order valence-corrected chi connectivity index (χ3v) is 7.24. The third-order valence-electron chi connectivity index (χ3n) is 2.26. The zero-order chi connectivity index (χ0) is 10.8. The van der Waals surface area contributed by atoms with Crippen LogP contribution in [0.15, 0.2) is 25.5 Å². The Morgan fingerprint density at radius 1 is 1.47 bits per heavy atom. The van der Waals surface area contributed by atoms with Crippen LogP contribution in [0.25, 0.3) is 5.57 Å². The normalized spacial score (nSPS) is 17.0. The minimum absolute atomic E-state index is 0.106. The van der Waals surface area contributed by atoms with Crippen LogP contribution in [0.4, 0.5) is 4.39 Å². The number of aryl methyl sites for hydroxylation is 1. The van der Waals surface area contributed by atoms with Crippen LogP contribution in [-0.4, -0.2) is 6.21 Å². The molecule has 0 unspecified atom stereocenters. The van der Waals surface area contributed by atoms with Crippen molar-refractivity contribution < 1.29 is 4.39 Å². The monoisotopic (exact) mass is 429 g/mol. The predicted octanol–water partition coefficient (Wildman–Crippen LogP) is 4.58. The second-order valence-electron chi connectivity index (χ2n) is 3.19. The van der Waals surface area contributed by atoms with E-state index in [9.17, 15) is 4.39 Å². The van der Waals surface area contributed by atoms with Gasteiger partial charge in [0, 0.05) is 0 Å². The maximum atomic E-state index is 13.5. The fourth-order valence-corrected chi connectivity index (χ4v) is 5.61. The first kappa shape index (κ1) is 11.5. The molecule has 0 aromatic heterocycles. The van der Waals surface area contributed by atoms with E-state index in [1.54, 1.807) is 6.07 Å². The average molecular weight is 429 g/mol. The molecule has 1 aromatic rings. The van der Waals surface area contributed by atoms with Gasteiger partial charge in [-0.15, -0.1) is 0 Å². The van der Waals surface area contributed by atoms with Crippen molar-refractivity contribution in [2.24, 2.45) is 3.21 Å². The molecule has 15 heavy (non-hydrogen) atoms. The van der Waals surface area contributed by atoms with Crippen molar-refractivity contribution in [2.45, 2.75) is 13.3 Å². The summed E-state index contributed by atoms with van der Waals surface area (Å²) in [6, 6.07) is 5.46. The van der Waals surface area contributed by atoms with Gasteiger partial charge in [-0.25, -0.2) is 0 Å². The van der Waals surface area contributed by atoms with Crippen LogP contribution in [0.3, 0.4) is 0 Å². The van der Waals surface area contributed by atoms with Gasteiger partial charge >= 0.3 is 107 Å². The molecule has 80 valence electrons. The number of hydrogen-bond donors (Lipinski definition) is 0. The Balaban J connectivity index is 2.35. The molecule has 4 heteroatoms. The van der Waals surface area contributed by atoms with Crippen molar-refractivity contribution in [2.75, 3.05) is 0 Å². The Morgan fingerprint density at radius 2 is 2.27 bits per heavy atom. The fourth-order valence-electron chi connectivity index (χ4n) is 1.40. The van der Waals surface area contributed by atoms with E-state index in [4.69, 9.17) is 0 Å². The molecular weight excluding hydrogens is 419 g/mol. The molecule has 0 amide bonds. The van der Waals surface area contributed by atoms with Gasteiger partial charge in [0.15, 0.2) is 0 Å². The summed E-state index contributed by atoms with van der Waals surface area (Å²) in [4.78, 5) is 0. The number of benzene rings is 1. The molecule has 0 radical (unpaired) electrons. The summed E-state index contributed by atoms with van der Waals surface area (Å²) in [5.74, 6) is -0.106. The second kappa shape index (κ2) is 4.90. The summed E-state index contributed by atoms with van der Waals surface area (Å²) in [6.45, 7) is 1.96. The Morgan fingerprint density at radius 3 is 2.80 bits per heavy atom. The van der Waals surface area contributed by atoms with Gasteiger partial charge in [0.1, 0.15) is 0 Å². The van der Waals surface area contributed by atoms with Crippen LogP contribution in [0.5, 0.6) is 0 Å². The molecule has 0 aliphatic carbocycles. The Hall–Kier alpha value is 0.0200. The van der Waals surface area contributed by atoms with Gasteiger partial charge in [0.05, 0.1) is 0 Å². The molecule has 1 nitrogen and oxygen atoms in total. The molecule has 0 bridgehead atoms. The standard InChI is InChI=1S/C11H10FI2N/c1-2-8-3-4-9(5-11(8)12)10-6-14(13)15-7-10/h3-7H,2H2,1H3. The first-order valence-corrected chi connectivity index (χ1v) is 13.1. The summed E-state index contributed by atoms with van der Waals surface area (Å²) in [5.41, 5.74) is 2.81. The minimum atomic E-state index is -1.22. The maximum absolute atomic E-state index is 13.5. The van der Waals surface area contributed by atoms with Crippen molar-refractivity contribution >= 4 is 46.5 Å². The molecule has 0 saturated heterocycles. The molecule has 1 aromatic carbocycles. The summed E-state index contributed by atoms with van der Waals surface area (Å²) in [7, 11) is 0. The number of rotatable bonds is 2. The quantitative estimate of drug-likeness (QED) is 0.611. The van der Waals surface area contributed by atoms with E-state index in [0.717, 1.165) is 23.1 Å². The molecule has 1 heterocycles. The topological polar surface area (TPSA) is 12.4 Å². The van der Waals surface area contributed by atoms with Gasteiger partial charge < -0.3 is 0 Å². The first-order valence-electron chi connectivity index (χ1n) is 4.60. The molecule has 2 rings (SSSR count). The van der Waals surface area contributed by atoms with Gasteiger partial charge in [-0.3, -0.25) is 0 Å². The predicted molar refractivity (Wildman–Crippen MR) is 80.3 cm³/mol. The number of halogens is 3. The Kier molecular flexibility index (Phi) is 3.76. The zero-order valence-corrected chi connectivity index (χ0v) is 12.5. The van der Waals surface area contributed by atoms with Crippen LogP contribution in [-0.2, 0) is 6.42 Å². The summed E-state index contributed by atoms with van der Waals surface area (Å²) < 4.78 is 20.1. The number of nitrogens with zero attached hydrogens (tertiary/aromatic N) is 1. The van der Waals surface area contributed by atoms with Gasteiger partial charge in [0.25, 0.3) is 0 Å². The molecular formula is C11H10FI2N. The fraction of sp³-hybridized carbons (Fsp3) is 0.182. The Labute approximate surface area is 106 Å². The van der Waals surface area contributed by atoms with E-state index in [2.05, 4.69) is 25.9 Å². The van der Waals surface area contributed by atoms with Crippen molar-refractivity contribution in [1.29, 1.82) is 0 Å². The van der Waals surface area contributed by atoms with Crippen LogP contribution in [0.2, 0.25) is 0 Å². The SMILES string of the molecule is CCc1ccc(C2=CI(I)N=C2)cc1F. The molecule has 0 spiro atoms. The van der Waals surface area contributed by atoms with Crippen molar-refractivity contribution in [3.05, 3.63) is 39.2 Å². The van der Waals surface area contributed by atoms with Crippen LogP contribution in [0, 0.1) is 5.82 Å². The Bertz CT molecular complexity index is 440. The molecule has 0 N–H and O–H groups in total. The molecule has 0 saturated carbocycles. The van der Waals surface area contributed by atoms with Crippen molar-refractivity contribution in [3.63, 3.8) is 0 Å². The van der Waals surface area contributed by atoms with E-state index >= 15 is 0 Å². The third kappa shape index (κ3) is 2.58. The van der Waals surface area contributed by atoms with E-state index in [-0.39, 0.29) is 5.82 Å². The zero-order valence-electron chi connectivity index (χ0n) is 8.17. The van der Waals surface area contributed by atoms with Crippen molar-refractivity contribution in [3.8, 4) is 0 Å². The van der Waals surface area contributed by atoms with Gasteiger partial charge in [0.2, 0.25) is 0 Å². The van der Waals surface area contributed by atoms with Gasteiger partial charge in [-0.05, 0) is 0 Å². The molecule has 1 aliphatic heterocycles. The number of allylic oxidation sites excluding steroid dienone is 1. The molecule has 0 atom stereocenters. The summed E-state index contributed by atoms with van der Waals surface area (Å²) >= 11 is 1.17. The van der Waals surface area contributed by atoms with Crippen LogP contribution in [0.1, 0.15) is 18.1 Å². The molecule has 1 aliphatic rings. The average Bonchev–Trinajstić information content (AvgIpc) is 2.65. The van der Waals surface area contributed by atoms with E-state index in [0.29, 0.717) is 0 Å². The summed E-state index contributed by atoms with van der Waals surface area (Å²) in [5, 5.41) is 0. The second-order valence-corrected chi connectivity index (χ2v) is 11.4. The number of hydrogen-bond acceptors (Lipinski definition) is 1. The van der Waals surface area contributed by atoms with E-state index < -0.39 is 16.1 Å².